The molecule has 0 aromatic rings. The van der Waals surface area contributed by atoms with Crippen LogP contribution in [0.2, 0.25) is 0 Å². The number of esters is 1. The van der Waals surface area contributed by atoms with Crippen molar-refractivity contribution in [2.75, 3.05) is 6.61 Å². The average Bonchev–Trinajstić information content (AvgIpc) is 3.51. The Balaban J connectivity index is 1.27. The third-order valence-electron chi connectivity index (χ3n) is 10.1. The van der Waals surface area contributed by atoms with Crippen LogP contribution in [0.1, 0.15) is 91.4 Å². The van der Waals surface area contributed by atoms with Crippen LogP contribution in [0.5, 0.6) is 0 Å². The van der Waals surface area contributed by atoms with Crippen LogP contribution >= 0.6 is 0 Å². The molecular weight excluding hydrogens is 376 g/mol. The number of carbonyl (C=O) groups is 1. The van der Waals surface area contributed by atoms with Crippen LogP contribution in [0.25, 0.3) is 0 Å². The van der Waals surface area contributed by atoms with Gasteiger partial charge in [0, 0.05) is 6.61 Å². The van der Waals surface area contributed by atoms with Crippen molar-refractivity contribution in [3.8, 4) is 0 Å². The summed E-state index contributed by atoms with van der Waals surface area (Å²) in [7, 11) is 0. The number of rotatable bonds is 7. The molecule has 30 heavy (non-hydrogen) atoms. The van der Waals surface area contributed by atoms with Gasteiger partial charge in [0.2, 0.25) is 0 Å². The zero-order valence-corrected chi connectivity index (χ0v) is 19.3. The minimum Gasteiger partial charge on any atom is -0.459 e. The molecule has 4 bridgehead atoms. The molecule has 10 unspecified atom stereocenters. The Hall–Kier alpha value is -0.610. The Labute approximate surface area is 182 Å². The van der Waals surface area contributed by atoms with E-state index >= 15 is 0 Å². The minimum absolute atomic E-state index is 0.0197. The fourth-order valence-electron chi connectivity index (χ4n) is 8.20. The molecule has 4 heteroatoms. The summed E-state index contributed by atoms with van der Waals surface area (Å²) < 4.78 is 18.8. The molecule has 0 radical (unpaired) electrons. The topological polar surface area (TPSA) is 44.8 Å². The summed E-state index contributed by atoms with van der Waals surface area (Å²) in [6.07, 6.45) is 11.9. The minimum atomic E-state index is -0.192. The van der Waals surface area contributed by atoms with Crippen molar-refractivity contribution in [2.45, 2.75) is 109 Å². The molecule has 4 saturated carbocycles. The van der Waals surface area contributed by atoms with E-state index in [0.717, 1.165) is 62.4 Å². The SMILES string of the molecule is CCC1(OC(=O)CC(OC2CCCCO2)C2CC3CC2C(C)C3C)CC2CCC1C2. The van der Waals surface area contributed by atoms with Crippen molar-refractivity contribution in [3.05, 3.63) is 0 Å². The van der Waals surface area contributed by atoms with Gasteiger partial charge >= 0.3 is 5.97 Å². The molecule has 5 aliphatic rings. The summed E-state index contributed by atoms with van der Waals surface area (Å²) in [5, 5.41) is 0. The summed E-state index contributed by atoms with van der Waals surface area (Å²) in [6.45, 7) is 7.82. The van der Waals surface area contributed by atoms with E-state index in [2.05, 4.69) is 20.8 Å². The van der Waals surface area contributed by atoms with Gasteiger partial charge in [0.15, 0.2) is 6.29 Å². The molecule has 4 aliphatic carbocycles. The van der Waals surface area contributed by atoms with Gasteiger partial charge in [-0.05, 0) is 106 Å². The maximum atomic E-state index is 13.3. The van der Waals surface area contributed by atoms with Crippen molar-refractivity contribution in [3.63, 3.8) is 0 Å². The van der Waals surface area contributed by atoms with E-state index in [-0.39, 0.29) is 24.0 Å². The Kier molecular flexibility index (Phi) is 5.94. The van der Waals surface area contributed by atoms with Gasteiger partial charge in [0.1, 0.15) is 5.60 Å². The van der Waals surface area contributed by atoms with E-state index < -0.39 is 0 Å². The molecule has 1 aliphatic heterocycles. The highest BCUT2D eigenvalue weighted by Gasteiger charge is 2.54. The maximum absolute atomic E-state index is 13.3. The standard InChI is InChI=1S/C26H42O4/c1-4-26(15-18-8-9-20(26)11-18)30-24(27)14-23(29-25-7-5-6-10-28-25)22-13-19-12-21(22)17(3)16(19)2/h16-23,25H,4-15H2,1-3H3. The van der Waals surface area contributed by atoms with Crippen LogP contribution in [-0.4, -0.2) is 30.6 Å². The number of ether oxygens (including phenoxy) is 3. The Morgan fingerprint density at radius 1 is 1.10 bits per heavy atom. The molecule has 5 fully saturated rings. The van der Waals surface area contributed by atoms with Crippen LogP contribution in [-0.2, 0) is 19.0 Å². The lowest BCUT2D eigenvalue weighted by Gasteiger charge is -2.40. The largest absolute Gasteiger partial charge is 0.459 e. The van der Waals surface area contributed by atoms with Crippen LogP contribution in [0.3, 0.4) is 0 Å². The van der Waals surface area contributed by atoms with Crippen molar-refractivity contribution >= 4 is 5.97 Å². The van der Waals surface area contributed by atoms with E-state index in [1.807, 2.05) is 0 Å². The summed E-state index contributed by atoms with van der Waals surface area (Å²) >= 11 is 0. The lowest BCUT2D eigenvalue weighted by atomic mass is 9.73. The number of carbonyl (C=O) groups excluding carboxylic acids is 1. The highest BCUT2D eigenvalue weighted by atomic mass is 16.7. The highest BCUT2D eigenvalue weighted by molar-refractivity contribution is 5.70. The van der Waals surface area contributed by atoms with Crippen LogP contribution in [0.4, 0.5) is 0 Å². The Bertz CT molecular complexity index is 627. The van der Waals surface area contributed by atoms with Crippen molar-refractivity contribution in [1.29, 1.82) is 0 Å². The van der Waals surface area contributed by atoms with Gasteiger partial charge in [0.25, 0.3) is 0 Å². The number of fused-ring (bicyclic) bond motifs is 4. The maximum Gasteiger partial charge on any atom is 0.308 e. The zero-order chi connectivity index (χ0) is 20.9. The molecule has 5 rings (SSSR count). The summed E-state index contributed by atoms with van der Waals surface area (Å²) in [5.74, 6) is 4.86. The quantitative estimate of drug-likeness (QED) is 0.495. The first-order valence-corrected chi connectivity index (χ1v) is 13.0. The normalized spacial score (nSPS) is 48.2. The van der Waals surface area contributed by atoms with Gasteiger partial charge in [-0.1, -0.05) is 20.8 Å². The molecule has 1 heterocycles. The van der Waals surface area contributed by atoms with Crippen LogP contribution < -0.4 is 0 Å². The second kappa shape index (κ2) is 8.39. The fraction of sp³-hybridized carbons (Fsp3) is 0.962. The number of hydrogen-bond donors (Lipinski definition) is 0. The lowest BCUT2D eigenvalue weighted by molar-refractivity contribution is -0.211. The molecule has 1 saturated heterocycles. The molecule has 4 nitrogen and oxygen atoms in total. The summed E-state index contributed by atoms with van der Waals surface area (Å²) in [5.41, 5.74) is -0.192. The Morgan fingerprint density at radius 2 is 1.97 bits per heavy atom. The van der Waals surface area contributed by atoms with Gasteiger partial charge in [-0.25, -0.2) is 0 Å². The second-order valence-electron chi connectivity index (χ2n) is 11.4. The molecule has 0 N–H and O–H groups in total. The first kappa shape index (κ1) is 21.2. The van der Waals surface area contributed by atoms with E-state index in [1.165, 1.54) is 32.1 Å². The molecule has 0 aromatic heterocycles. The average molecular weight is 419 g/mol. The molecular formula is C26H42O4. The van der Waals surface area contributed by atoms with Crippen molar-refractivity contribution < 1.29 is 19.0 Å². The molecule has 0 amide bonds. The lowest BCUT2D eigenvalue weighted by Crippen LogP contribution is -2.43. The van der Waals surface area contributed by atoms with Crippen LogP contribution in [0.15, 0.2) is 0 Å². The van der Waals surface area contributed by atoms with Gasteiger partial charge in [-0.3, -0.25) is 4.79 Å². The van der Waals surface area contributed by atoms with Gasteiger partial charge in [0.05, 0.1) is 12.5 Å². The van der Waals surface area contributed by atoms with Gasteiger partial charge in [-0.15, -0.1) is 0 Å². The van der Waals surface area contributed by atoms with Gasteiger partial charge in [-0.2, -0.15) is 0 Å². The van der Waals surface area contributed by atoms with E-state index in [4.69, 9.17) is 14.2 Å². The monoisotopic (exact) mass is 418 g/mol. The van der Waals surface area contributed by atoms with E-state index in [1.54, 1.807) is 0 Å². The van der Waals surface area contributed by atoms with Crippen molar-refractivity contribution in [1.82, 2.24) is 0 Å². The highest BCUT2D eigenvalue weighted by Crippen LogP contribution is 2.57. The second-order valence-corrected chi connectivity index (χ2v) is 11.4. The van der Waals surface area contributed by atoms with Crippen molar-refractivity contribution in [2.24, 2.45) is 41.4 Å². The van der Waals surface area contributed by atoms with E-state index in [0.29, 0.717) is 24.2 Å². The Morgan fingerprint density at radius 3 is 2.57 bits per heavy atom. The predicted octanol–water partition coefficient (Wildman–Crippen LogP) is 5.73. The molecule has 0 aromatic carbocycles. The zero-order valence-electron chi connectivity index (χ0n) is 19.3. The number of hydrogen-bond acceptors (Lipinski definition) is 4. The summed E-state index contributed by atoms with van der Waals surface area (Å²) in [6, 6.07) is 0. The van der Waals surface area contributed by atoms with Crippen LogP contribution in [0, 0.1) is 41.4 Å². The molecule has 10 atom stereocenters. The third kappa shape index (κ3) is 3.74. The fourth-order valence-corrected chi connectivity index (χ4v) is 8.20. The predicted molar refractivity (Wildman–Crippen MR) is 116 cm³/mol. The van der Waals surface area contributed by atoms with Gasteiger partial charge < -0.3 is 14.2 Å². The van der Waals surface area contributed by atoms with E-state index in [9.17, 15) is 4.79 Å². The third-order valence-corrected chi connectivity index (χ3v) is 10.1. The summed E-state index contributed by atoms with van der Waals surface area (Å²) in [4.78, 5) is 13.3. The smallest absolute Gasteiger partial charge is 0.308 e. The molecule has 0 spiro atoms. The first-order valence-electron chi connectivity index (χ1n) is 13.0. The molecule has 170 valence electrons. The first-order chi connectivity index (χ1) is 14.5.